The fourth-order valence-electron chi connectivity index (χ4n) is 9.21. The average Bonchev–Trinajstić information content (AvgIpc) is 4.19. The Morgan fingerprint density at radius 2 is 1.13 bits per heavy atom. The summed E-state index contributed by atoms with van der Waals surface area (Å²) in [6, 6.07) is 26.3. The van der Waals surface area contributed by atoms with Crippen LogP contribution in [0, 0.1) is 27.7 Å². The predicted octanol–water partition coefficient (Wildman–Crippen LogP) is 7.91. The number of esters is 1. The van der Waals surface area contributed by atoms with E-state index in [4.69, 9.17) is 43.8 Å². The highest BCUT2D eigenvalue weighted by molar-refractivity contribution is 5.78. The van der Waals surface area contributed by atoms with Gasteiger partial charge < -0.3 is 33.5 Å². The molecule has 2 saturated heterocycles. The molecule has 0 amide bonds. The zero-order chi connectivity index (χ0) is 46.9. The van der Waals surface area contributed by atoms with E-state index in [9.17, 15) is 4.79 Å². The fraction of sp³-hybridized carbons (Fsp3) is 0.340. The number of hydrogen-bond donors (Lipinski definition) is 0. The van der Waals surface area contributed by atoms with E-state index in [2.05, 4.69) is 38.3 Å². The summed E-state index contributed by atoms with van der Waals surface area (Å²) in [6.45, 7) is 12.6. The third-order valence-electron chi connectivity index (χ3n) is 12.3. The van der Waals surface area contributed by atoms with Gasteiger partial charge in [-0.05, 0) is 82.6 Å². The lowest BCUT2D eigenvalue weighted by Crippen LogP contribution is -2.25. The van der Waals surface area contributed by atoms with E-state index in [1.165, 1.54) is 6.92 Å². The second kappa shape index (κ2) is 18.7. The van der Waals surface area contributed by atoms with Crippen molar-refractivity contribution in [1.82, 2.24) is 44.2 Å². The van der Waals surface area contributed by atoms with Gasteiger partial charge in [0.15, 0.2) is 34.3 Å². The second-order valence-corrected chi connectivity index (χ2v) is 16.8. The van der Waals surface area contributed by atoms with E-state index >= 15 is 0 Å². The highest BCUT2D eigenvalue weighted by atomic mass is 16.5. The predicted molar refractivity (Wildman–Crippen MR) is 256 cm³/mol. The molecule has 2 aliphatic rings. The zero-order valence-corrected chi connectivity index (χ0v) is 39.3. The monoisotopic (exact) mass is 905 g/mol. The Morgan fingerprint density at radius 3 is 1.66 bits per heavy atom. The number of imidazole rings is 2. The van der Waals surface area contributed by atoms with Gasteiger partial charge in [0.2, 0.25) is 0 Å². The molecule has 2 atom stereocenters. The summed E-state index contributed by atoms with van der Waals surface area (Å²) in [7, 11) is 6.52. The molecule has 67 heavy (non-hydrogen) atoms. The molecule has 5 aromatic heterocycles. The first-order valence-electron chi connectivity index (χ1n) is 22.3. The first-order valence-corrected chi connectivity index (χ1v) is 22.3. The van der Waals surface area contributed by atoms with E-state index in [1.807, 2.05) is 108 Å². The molecule has 0 unspecified atom stereocenters. The summed E-state index contributed by atoms with van der Waals surface area (Å²) < 4.78 is 33.1. The highest BCUT2D eigenvalue weighted by Gasteiger charge is 2.30. The van der Waals surface area contributed by atoms with Gasteiger partial charge in [-0.1, -0.05) is 35.5 Å². The topological polar surface area (TPSA) is 161 Å². The molecule has 0 N–H and O–H groups in total. The number of benzene rings is 3. The van der Waals surface area contributed by atoms with Crippen molar-refractivity contribution in [2.75, 3.05) is 64.4 Å². The number of carbonyl (C=O) groups excluding carboxylic acids is 1. The van der Waals surface area contributed by atoms with Crippen LogP contribution in [-0.2, 0) is 9.53 Å². The van der Waals surface area contributed by atoms with E-state index < -0.39 is 0 Å². The number of ether oxygens (including phenoxy) is 5. The van der Waals surface area contributed by atoms with Gasteiger partial charge in [-0.25, -0.2) is 23.7 Å². The Labute approximate surface area is 388 Å². The van der Waals surface area contributed by atoms with Gasteiger partial charge in [-0.3, -0.25) is 4.79 Å². The van der Waals surface area contributed by atoms with Crippen LogP contribution in [0.15, 0.2) is 85.1 Å². The number of rotatable bonds is 11. The lowest BCUT2D eigenvalue weighted by Gasteiger charge is -2.20. The van der Waals surface area contributed by atoms with Crippen molar-refractivity contribution in [3.8, 4) is 56.8 Å². The van der Waals surface area contributed by atoms with Gasteiger partial charge in [-0.15, -0.1) is 5.10 Å². The van der Waals surface area contributed by atoms with Crippen LogP contribution >= 0.6 is 0 Å². The Balaban J connectivity index is 0.000000172. The van der Waals surface area contributed by atoms with Crippen LogP contribution in [-0.4, -0.2) is 111 Å². The number of nitrogens with zero attached hydrogens (tertiary/aromatic N) is 11. The quantitative estimate of drug-likeness (QED) is 0.115. The third-order valence-corrected chi connectivity index (χ3v) is 12.3. The molecule has 10 rings (SSSR count). The van der Waals surface area contributed by atoms with E-state index in [1.54, 1.807) is 28.4 Å². The SMILES string of the molecule is COc1ccc(-c2c(C)nc3c(N4CC[C@@H](OC(C)=O)C4)cc(C)nn23)cc1OC.COc1ccc(-c2c(C)nc3c(N4CC[C@@H](n5cc(-c6ccccc6)nn5)C4)cc(C)nn23)cc1OC. The maximum absolute atomic E-state index is 11.3. The molecular weight excluding hydrogens is 851 g/mol. The van der Waals surface area contributed by atoms with Crippen molar-refractivity contribution in [2.45, 2.75) is 59.6 Å². The summed E-state index contributed by atoms with van der Waals surface area (Å²) in [5, 5.41) is 18.5. The molecular formula is C50H55N11O6. The second-order valence-electron chi connectivity index (χ2n) is 16.8. The van der Waals surface area contributed by atoms with E-state index in [0.717, 1.165) is 112 Å². The minimum Gasteiger partial charge on any atom is -0.493 e. The Kier molecular flexibility index (Phi) is 12.4. The van der Waals surface area contributed by atoms with Crippen LogP contribution in [0.25, 0.3) is 45.1 Å². The lowest BCUT2D eigenvalue weighted by atomic mass is 10.1. The number of aryl methyl sites for hydroxylation is 4. The van der Waals surface area contributed by atoms with Crippen molar-refractivity contribution in [1.29, 1.82) is 0 Å². The van der Waals surface area contributed by atoms with E-state index in [0.29, 0.717) is 29.5 Å². The highest BCUT2D eigenvalue weighted by Crippen LogP contribution is 2.38. The lowest BCUT2D eigenvalue weighted by molar-refractivity contribution is -0.145. The molecule has 7 heterocycles. The van der Waals surface area contributed by atoms with Gasteiger partial charge in [0.05, 0.1) is 92.8 Å². The number of aromatic nitrogens is 9. The Hall–Kier alpha value is -7.69. The maximum Gasteiger partial charge on any atom is 0.302 e. The van der Waals surface area contributed by atoms with Crippen LogP contribution in [0.4, 0.5) is 11.4 Å². The maximum atomic E-state index is 11.3. The van der Waals surface area contributed by atoms with Gasteiger partial charge >= 0.3 is 5.97 Å². The largest absolute Gasteiger partial charge is 0.493 e. The Bertz CT molecular complexity index is 3090. The molecule has 0 bridgehead atoms. The van der Waals surface area contributed by atoms with E-state index in [-0.39, 0.29) is 18.1 Å². The minimum atomic E-state index is -0.245. The first-order chi connectivity index (χ1) is 32.5. The first kappa shape index (κ1) is 44.5. The number of fused-ring (bicyclic) bond motifs is 2. The standard InChI is InChI=1S/C28H29N7O2.C22H26N4O4/c1-18-14-24(33-13-12-22(16-33)34-17-23(30-32-34)20-8-6-5-7-9-20)28-29-19(2)27(35(28)31-18)21-10-11-25(36-3)26(15-21)37-4;1-13-10-18(25-9-8-17(12-25)30-15(3)27)22-23-14(2)21(26(22)24-13)16-6-7-19(28-4)20(11-16)29-5/h5-11,14-15,17,22H,12-13,16H2,1-4H3;6-7,10-11,17H,8-9,12H2,1-5H3/t22-;17-/m11/s1. The van der Waals surface area contributed by atoms with Gasteiger partial charge in [0.1, 0.15) is 11.8 Å². The van der Waals surface area contributed by atoms with Crippen molar-refractivity contribution in [3.05, 3.63) is 108 Å². The molecule has 8 aromatic rings. The fourth-order valence-corrected chi connectivity index (χ4v) is 9.21. The van der Waals surface area contributed by atoms with Crippen LogP contribution in [0.3, 0.4) is 0 Å². The van der Waals surface area contributed by atoms with Gasteiger partial charge in [0.25, 0.3) is 0 Å². The molecule has 0 aliphatic carbocycles. The van der Waals surface area contributed by atoms with Crippen LogP contribution < -0.4 is 28.7 Å². The van der Waals surface area contributed by atoms with Crippen LogP contribution in [0.5, 0.6) is 23.0 Å². The molecule has 2 fully saturated rings. The van der Waals surface area contributed by atoms with Crippen molar-refractivity contribution >= 4 is 28.6 Å². The molecule has 346 valence electrons. The normalized spacial score (nSPS) is 15.8. The van der Waals surface area contributed by atoms with Crippen molar-refractivity contribution in [2.24, 2.45) is 0 Å². The van der Waals surface area contributed by atoms with Crippen LogP contribution in [0.1, 0.15) is 48.6 Å². The average molecular weight is 906 g/mol. The number of hydrogen-bond acceptors (Lipinski definition) is 14. The number of methoxy groups -OCH3 is 4. The number of carbonyl (C=O) groups is 1. The van der Waals surface area contributed by atoms with Crippen molar-refractivity contribution < 1.29 is 28.5 Å². The molecule has 17 heteroatoms. The van der Waals surface area contributed by atoms with Crippen LogP contribution in [0.2, 0.25) is 0 Å². The molecule has 17 nitrogen and oxygen atoms in total. The summed E-state index contributed by atoms with van der Waals surface area (Å²) in [5.74, 6) is 2.44. The molecule has 0 saturated carbocycles. The summed E-state index contributed by atoms with van der Waals surface area (Å²) in [6.07, 6.45) is 3.73. The van der Waals surface area contributed by atoms with Crippen molar-refractivity contribution in [3.63, 3.8) is 0 Å². The molecule has 2 aliphatic heterocycles. The molecule has 0 radical (unpaired) electrons. The van der Waals surface area contributed by atoms with Gasteiger partial charge in [0, 0.05) is 49.7 Å². The Morgan fingerprint density at radius 1 is 0.612 bits per heavy atom. The van der Waals surface area contributed by atoms with Gasteiger partial charge in [-0.2, -0.15) is 10.2 Å². The summed E-state index contributed by atoms with van der Waals surface area (Å²) in [4.78, 5) is 25.7. The smallest absolute Gasteiger partial charge is 0.302 e. The zero-order valence-electron chi connectivity index (χ0n) is 39.3. The third kappa shape index (κ3) is 8.76. The minimum absolute atomic E-state index is 0.0996. The molecule has 3 aromatic carbocycles. The summed E-state index contributed by atoms with van der Waals surface area (Å²) >= 11 is 0. The number of anilines is 2. The molecule has 0 spiro atoms. The summed E-state index contributed by atoms with van der Waals surface area (Å²) in [5.41, 5.74) is 13.0.